The number of likely N-dealkylation sites (N-methyl/N-ethyl adjacent to an activating group) is 1. The van der Waals surface area contributed by atoms with Crippen LogP contribution in [0.4, 0.5) is 0 Å². The number of carbonyl (C=O) groups excluding carboxylic acids is 1. The van der Waals surface area contributed by atoms with E-state index in [0.717, 1.165) is 5.56 Å². The van der Waals surface area contributed by atoms with Crippen LogP contribution >= 0.6 is 0 Å². The van der Waals surface area contributed by atoms with Crippen molar-refractivity contribution < 1.29 is 4.79 Å². The van der Waals surface area contributed by atoms with Gasteiger partial charge in [0.1, 0.15) is 0 Å². The SMILES string of the molecule is Cc1cncc(C(=O)N(C)CC(C)N)c1. The van der Waals surface area contributed by atoms with Crippen LogP contribution in [0.3, 0.4) is 0 Å². The van der Waals surface area contributed by atoms with Gasteiger partial charge in [0.25, 0.3) is 5.91 Å². The summed E-state index contributed by atoms with van der Waals surface area (Å²) >= 11 is 0. The van der Waals surface area contributed by atoms with Crippen molar-refractivity contribution in [2.24, 2.45) is 5.73 Å². The van der Waals surface area contributed by atoms with E-state index in [1.165, 1.54) is 0 Å². The molecule has 0 radical (unpaired) electrons. The van der Waals surface area contributed by atoms with Crippen LogP contribution in [0, 0.1) is 6.92 Å². The lowest BCUT2D eigenvalue weighted by atomic mass is 10.2. The molecule has 0 spiro atoms. The molecular weight excluding hydrogens is 190 g/mol. The second kappa shape index (κ2) is 4.89. The lowest BCUT2D eigenvalue weighted by molar-refractivity contribution is 0.0788. The zero-order valence-electron chi connectivity index (χ0n) is 9.40. The zero-order valence-corrected chi connectivity index (χ0v) is 9.40. The predicted molar refractivity (Wildman–Crippen MR) is 59.6 cm³/mol. The van der Waals surface area contributed by atoms with E-state index in [9.17, 15) is 4.79 Å². The molecule has 1 heterocycles. The van der Waals surface area contributed by atoms with Crippen LogP contribution in [0.1, 0.15) is 22.8 Å². The van der Waals surface area contributed by atoms with E-state index in [4.69, 9.17) is 5.73 Å². The van der Waals surface area contributed by atoms with Gasteiger partial charge in [-0.05, 0) is 25.5 Å². The fourth-order valence-electron chi connectivity index (χ4n) is 1.41. The van der Waals surface area contributed by atoms with E-state index in [2.05, 4.69) is 4.98 Å². The molecule has 1 unspecified atom stereocenters. The normalized spacial score (nSPS) is 12.3. The largest absolute Gasteiger partial charge is 0.340 e. The first-order valence-electron chi connectivity index (χ1n) is 4.93. The molecule has 0 aliphatic rings. The quantitative estimate of drug-likeness (QED) is 0.798. The van der Waals surface area contributed by atoms with Crippen LogP contribution in [-0.2, 0) is 0 Å². The Balaban J connectivity index is 2.76. The molecule has 4 heteroatoms. The molecule has 15 heavy (non-hydrogen) atoms. The molecule has 0 bridgehead atoms. The molecular formula is C11H17N3O. The number of nitrogens with zero attached hydrogens (tertiary/aromatic N) is 2. The Bertz CT molecular complexity index is 349. The Hall–Kier alpha value is -1.42. The molecule has 1 aromatic rings. The summed E-state index contributed by atoms with van der Waals surface area (Å²) in [6.45, 7) is 4.33. The summed E-state index contributed by atoms with van der Waals surface area (Å²) in [7, 11) is 1.74. The van der Waals surface area contributed by atoms with Gasteiger partial charge in [-0.1, -0.05) is 0 Å². The van der Waals surface area contributed by atoms with E-state index < -0.39 is 0 Å². The summed E-state index contributed by atoms with van der Waals surface area (Å²) in [5, 5.41) is 0. The first-order valence-corrected chi connectivity index (χ1v) is 4.93. The lowest BCUT2D eigenvalue weighted by Crippen LogP contribution is -2.37. The van der Waals surface area contributed by atoms with Gasteiger partial charge in [-0.15, -0.1) is 0 Å². The maximum Gasteiger partial charge on any atom is 0.255 e. The molecule has 0 aliphatic carbocycles. The minimum atomic E-state index is -0.0384. The lowest BCUT2D eigenvalue weighted by Gasteiger charge is -2.19. The van der Waals surface area contributed by atoms with Crippen molar-refractivity contribution >= 4 is 5.91 Å². The van der Waals surface area contributed by atoms with Crippen LogP contribution in [0.15, 0.2) is 18.5 Å². The third-order valence-corrected chi connectivity index (χ3v) is 2.03. The Morgan fingerprint density at radius 1 is 1.60 bits per heavy atom. The first-order chi connectivity index (χ1) is 7.00. The third kappa shape index (κ3) is 3.32. The minimum absolute atomic E-state index is 0.0169. The number of aromatic nitrogens is 1. The summed E-state index contributed by atoms with van der Waals surface area (Å²) < 4.78 is 0. The number of aryl methyl sites for hydroxylation is 1. The summed E-state index contributed by atoms with van der Waals surface area (Å²) in [5.74, 6) is -0.0384. The fraction of sp³-hybridized carbons (Fsp3) is 0.455. The third-order valence-electron chi connectivity index (χ3n) is 2.03. The molecule has 0 saturated carbocycles. The molecule has 2 N–H and O–H groups in total. The van der Waals surface area contributed by atoms with Gasteiger partial charge in [0.15, 0.2) is 0 Å². The van der Waals surface area contributed by atoms with Gasteiger partial charge < -0.3 is 10.6 Å². The summed E-state index contributed by atoms with van der Waals surface area (Å²) in [6.07, 6.45) is 3.30. The van der Waals surface area contributed by atoms with E-state index in [1.807, 2.05) is 19.9 Å². The van der Waals surface area contributed by atoms with Crippen LogP contribution < -0.4 is 5.73 Å². The van der Waals surface area contributed by atoms with Crippen LogP contribution in [-0.4, -0.2) is 35.4 Å². The predicted octanol–water partition coefficient (Wildman–Crippen LogP) is 0.809. The van der Waals surface area contributed by atoms with E-state index in [1.54, 1.807) is 24.3 Å². The Morgan fingerprint density at radius 3 is 2.80 bits per heavy atom. The highest BCUT2D eigenvalue weighted by Gasteiger charge is 2.12. The van der Waals surface area contributed by atoms with Crippen molar-refractivity contribution in [3.63, 3.8) is 0 Å². The van der Waals surface area contributed by atoms with Crippen molar-refractivity contribution in [3.05, 3.63) is 29.6 Å². The van der Waals surface area contributed by atoms with Gasteiger partial charge >= 0.3 is 0 Å². The maximum atomic E-state index is 11.9. The number of rotatable bonds is 3. The second-order valence-corrected chi connectivity index (χ2v) is 3.91. The number of hydrogen-bond donors (Lipinski definition) is 1. The van der Waals surface area contributed by atoms with Crippen molar-refractivity contribution in [1.82, 2.24) is 9.88 Å². The average Bonchev–Trinajstić information content (AvgIpc) is 2.15. The van der Waals surface area contributed by atoms with Crippen molar-refractivity contribution in [2.45, 2.75) is 19.9 Å². The minimum Gasteiger partial charge on any atom is -0.340 e. The van der Waals surface area contributed by atoms with Crippen LogP contribution in [0.25, 0.3) is 0 Å². The molecule has 1 atom stereocenters. The zero-order chi connectivity index (χ0) is 11.4. The van der Waals surface area contributed by atoms with Gasteiger partial charge in [-0.3, -0.25) is 9.78 Å². The number of nitrogens with two attached hydrogens (primary N) is 1. The molecule has 0 aromatic carbocycles. The number of carbonyl (C=O) groups is 1. The molecule has 1 aromatic heterocycles. The maximum absolute atomic E-state index is 11.9. The molecule has 4 nitrogen and oxygen atoms in total. The highest BCUT2D eigenvalue weighted by molar-refractivity contribution is 5.93. The Morgan fingerprint density at radius 2 is 2.27 bits per heavy atom. The number of amides is 1. The number of hydrogen-bond acceptors (Lipinski definition) is 3. The van der Waals surface area contributed by atoms with Crippen LogP contribution in [0.5, 0.6) is 0 Å². The summed E-state index contributed by atoms with van der Waals surface area (Å²) in [6, 6.07) is 1.81. The molecule has 0 saturated heterocycles. The topological polar surface area (TPSA) is 59.2 Å². The van der Waals surface area contributed by atoms with Crippen molar-refractivity contribution in [1.29, 1.82) is 0 Å². The molecule has 0 fully saturated rings. The number of pyridine rings is 1. The second-order valence-electron chi connectivity index (χ2n) is 3.91. The molecule has 1 rings (SSSR count). The van der Waals surface area contributed by atoms with Gasteiger partial charge in [-0.25, -0.2) is 0 Å². The van der Waals surface area contributed by atoms with Gasteiger partial charge in [0, 0.05) is 32.0 Å². The standard InChI is InChI=1S/C11H17N3O/c1-8-4-10(6-13-5-8)11(15)14(3)7-9(2)12/h4-6,9H,7,12H2,1-3H3. The highest BCUT2D eigenvalue weighted by atomic mass is 16.2. The van der Waals surface area contributed by atoms with Gasteiger partial charge in [0.2, 0.25) is 0 Å². The summed E-state index contributed by atoms with van der Waals surface area (Å²) in [5.41, 5.74) is 7.22. The van der Waals surface area contributed by atoms with E-state index >= 15 is 0 Å². The molecule has 82 valence electrons. The molecule has 1 amide bonds. The average molecular weight is 207 g/mol. The first kappa shape index (κ1) is 11.7. The van der Waals surface area contributed by atoms with Crippen molar-refractivity contribution in [3.8, 4) is 0 Å². The molecule has 0 aliphatic heterocycles. The van der Waals surface area contributed by atoms with Gasteiger partial charge in [0.05, 0.1) is 5.56 Å². The monoisotopic (exact) mass is 207 g/mol. The van der Waals surface area contributed by atoms with Gasteiger partial charge in [-0.2, -0.15) is 0 Å². The fourth-order valence-corrected chi connectivity index (χ4v) is 1.41. The van der Waals surface area contributed by atoms with Crippen LogP contribution in [0.2, 0.25) is 0 Å². The Labute approximate surface area is 90.1 Å². The van der Waals surface area contributed by atoms with E-state index in [0.29, 0.717) is 12.1 Å². The van der Waals surface area contributed by atoms with E-state index in [-0.39, 0.29) is 11.9 Å². The van der Waals surface area contributed by atoms with Crippen molar-refractivity contribution in [2.75, 3.05) is 13.6 Å². The highest BCUT2D eigenvalue weighted by Crippen LogP contribution is 2.04. The Kier molecular flexibility index (Phi) is 3.80. The smallest absolute Gasteiger partial charge is 0.255 e. The summed E-state index contributed by atoms with van der Waals surface area (Å²) in [4.78, 5) is 17.5.